The molecule has 0 unspecified atom stereocenters. The maximum Gasteiger partial charge on any atom is -0.0135 e. The van der Waals surface area contributed by atoms with Gasteiger partial charge in [0.1, 0.15) is 0 Å². The molecule has 0 radical (unpaired) electrons. The Hall–Kier alpha value is -0.520. The Labute approximate surface area is 90.1 Å². The summed E-state index contributed by atoms with van der Waals surface area (Å²) in [6, 6.07) is 0. The third kappa shape index (κ3) is 6.01. The molecule has 0 rings (SSSR count). The number of allylic oxidation sites excluding steroid dienone is 4. The van der Waals surface area contributed by atoms with Gasteiger partial charge in [-0.05, 0) is 29.7 Å². The fourth-order valence-corrected chi connectivity index (χ4v) is 1.22. The number of hydrogen-bond acceptors (Lipinski definition) is 0. The Bertz CT molecular complexity index is 215. The molecule has 0 aromatic rings. The summed E-state index contributed by atoms with van der Waals surface area (Å²) in [4.78, 5) is 0. The Morgan fingerprint density at radius 3 is 1.79 bits per heavy atom. The van der Waals surface area contributed by atoms with Crippen molar-refractivity contribution in [2.45, 2.75) is 54.9 Å². The van der Waals surface area contributed by atoms with E-state index in [-0.39, 0.29) is 5.41 Å². The molecule has 0 aliphatic carbocycles. The summed E-state index contributed by atoms with van der Waals surface area (Å²) in [5, 5.41) is 0. The second-order valence-corrected chi connectivity index (χ2v) is 6.17. The van der Waals surface area contributed by atoms with Gasteiger partial charge in [-0.15, -0.1) is 0 Å². The Morgan fingerprint density at radius 1 is 1.00 bits per heavy atom. The van der Waals surface area contributed by atoms with Crippen LogP contribution in [0.4, 0.5) is 0 Å². The number of hydrogen-bond donors (Lipinski definition) is 0. The van der Waals surface area contributed by atoms with E-state index in [1.807, 2.05) is 0 Å². The van der Waals surface area contributed by atoms with Crippen LogP contribution in [0.1, 0.15) is 54.9 Å². The topological polar surface area (TPSA) is 0 Å². The van der Waals surface area contributed by atoms with Crippen LogP contribution in [0.2, 0.25) is 0 Å². The van der Waals surface area contributed by atoms with Gasteiger partial charge in [0, 0.05) is 0 Å². The van der Waals surface area contributed by atoms with Crippen molar-refractivity contribution in [2.24, 2.45) is 10.8 Å². The molecule has 0 aromatic heterocycles. The van der Waals surface area contributed by atoms with Crippen molar-refractivity contribution in [3.8, 4) is 0 Å². The predicted octanol–water partition coefficient (Wildman–Crippen LogP) is 4.97. The van der Waals surface area contributed by atoms with Crippen LogP contribution in [0.15, 0.2) is 23.8 Å². The minimum atomic E-state index is 0.262. The first kappa shape index (κ1) is 13.5. The lowest BCUT2D eigenvalue weighted by molar-refractivity contribution is 0.414. The van der Waals surface area contributed by atoms with E-state index >= 15 is 0 Å². The lowest BCUT2D eigenvalue weighted by Gasteiger charge is -2.23. The molecule has 0 spiro atoms. The molecule has 0 heterocycles. The molecule has 0 fully saturated rings. The minimum absolute atomic E-state index is 0.262. The highest BCUT2D eigenvalue weighted by Gasteiger charge is 2.15. The summed E-state index contributed by atoms with van der Waals surface area (Å²) in [5.74, 6) is 0. The van der Waals surface area contributed by atoms with Crippen LogP contribution >= 0.6 is 0 Å². The molecule has 0 atom stereocenters. The standard InChI is InChI=1S/C14H26/c1-8-9-12(14(5,6)7)10-11-13(2,3)4/h8-10H,11H2,1-7H3/b9-8-,12-10+. The van der Waals surface area contributed by atoms with E-state index in [0.29, 0.717) is 5.41 Å². The number of rotatable bonds is 2. The van der Waals surface area contributed by atoms with Crippen LogP contribution < -0.4 is 0 Å². The van der Waals surface area contributed by atoms with E-state index in [1.54, 1.807) is 0 Å². The SMILES string of the molecule is C/C=C\C(=C/CC(C)(C)C)C(C)(C)C. The highest BCUT2D eigenvalue weighted by atomic mass is 14.2. The van der Waals surface area contributed by atoms with Gasteiger partial charge < -0.3 is 0 Å². The molecule has 0 nitrogen and oxygen atoms in total. The summed E-state index contributed by atoms with van der Waals surface area (Å²) in [6.45, 7) is 15.7. The van der Waals surface area contributed by atoms with Crippen LogP contribution in [0.25, 0.3) is 0 Å². The van der Waals surface area contributed by atoms with Gasteiger partial charge in [0.05, 0.1) is 0 Å². The van der Waals surface area contributed by atoms with E-state index in [4.69, 9.17) is 0 Å². The second kappa shape index (κ2) is 4.82. The summed E-state index contributed by atoms with van der Waals surface area (Å²) < 4.78 is 0. The molecule has 0 saturated carbocycles. The van der Waals surface area contributed by atoms with Gasteiger partial charge in [-0.25, -0.2) is 0 Å². The third-order valence-electron chi connectivity index (χ3n) is 2.15. The first-order valence-corrected chi connectivity index (χ1v) is 5.50. The summed E-state index contributed by atoms with van der Waals surface area (Å²) in [7, 11) is 0. The molecule has 0 bridgehead atoms. The largest absolute Gasteiger partial charge is 0.0874 e. The maximum absolute atomic E-state index is 2.38. The molecule has 0 amide bonds. The molecule has 0 aliphatic rings. The fraction of sp³-hybridized carbons (Fsp3) is 0.714. The van der Waals surface area contributed by atoms with Gasteiger partial charge in [0.2, 0.25) is 0 Å². The predicted molar refractivity (Wildman–Crippen MR) is 66.4 cm³/mol. The minimum Gasteiger partial charge on any atom is -0.0874 e. The second-order valence-electron chi connectivity index (χ2n) is 6.17. The molecule has 82 valence electrons. The molecule has 0 aromatic carbocycles. The van der Waals surface area contributed by atoms with Gasteiger partial charge in [-0.2, -0.15) is 0 Å². The lowest BCUT2D eigenvalue weighted by Crippen LogP contribution is -2.10. The van der Waals surface area contributed by atoms with Crippen molar-refractivity contribution in [3.63, 3.8) is 0 Å². The molecule has 0 aliphatic heterocycles. The van der Waals surface area contributed by atoms with Crippen molar-refractivity contribution in [2.75, 3.05) is 0 Å². The summed E-state index contributed by atoms with van der Waals surface area (Å²) in [5.41, 5.74) is 2.09. The zero-order valence-corrected chi connectivity index (χ0v) is 10.9. The van der Waals surface area contributed by atoms with Crippen molar-refractivity contribution < 1.29 is 0 Å². The van der Waals surface area contributed by atoms with E-state index in [1.165, 1.54) is 5.57 Å². The van der Waals surface area contributed by atoms with E-state index in [0.717, 1.165) is 6.42 Å². The molecule has 14 heavy (non-hydrogen) atoms. The molecule has 0 N–H and O–H groups in total. The van der Waals surface area contributed by atoms with Gasteiger partial charge in [0.15, 0.2) is 0 Å². The Morgan fingerprint density at radius 2 is 1.50 bits per heavy atom. The fourth-order valence-electron chi connectivity index (χ4n) is 1.22. The van der Waals surface area contributed by atoms with Gasteiger partial charge in [-0.3, -0.25) is 0 Å². The van der Waals surface area contributed by atoms with Gasteiger partial charge in [0.25, 0.3) is 0 Å². The van der Waals surface area contributed by atoms with Crippen LogP contribution in [-0.4, -0.2) is 0 Å². The Balaban J connectivity index is 4.68. The highest BCUT2D eigenvalue weighted by molar-refractivity contribution is 5.24. The molecular weight excluding hydrogens is 168 g/mol. The quantitative estimate of drug-likeness (QED) is 0.544. The Kier molecular flexibility index (Phi) is 4.64. The molecular formula is C14H26. The summed E-state index contributed by atoms with van der Waals surface area (Å²) in [6.07, 6.45) is 7.87. The monoisotopic (exact) mass is 194 g/mol. The van der Waals surface area contributed by atoms with Crippen LogP contribution in [-0.2, 0) is 0 Å². The normalized spacial score (nSPS) is 15.2. The van der Waals surface area contributed by atoms with Crippen molar-refractivity contribution in [3.05, 3.63) is 23.8 Å². The smallest absolute Gasteiger partial charge is 0.0135 e. The lowest BCUT2D eigenvalue weighted by atomic mass is 9.83. The highest BCUT2D eigenvalue weighted by Crippen LogP contribution is 2.29. The molecule has 0 heteroatoms. The summed E-state index contributed by atoms with van der Waals surface area (Å²) >= 11 is 0. The van der Waals surface area contributed by atoms with E-state index in [2.05, 4.69) is 66.7 Å². The van der Waals surface area contributed by atoms with Gasteiger partial charge >= 0.3 is 0 Å². The van der Waals surface area contributed by atoms with E-state index < -0.39 is 0 Å². The van der Waals surface area contributed by atoms with Crippen molar-refractivity contribution >= 4 is 0 Å². The zero-order valence-electron chi connectivity index (χ0n) is 10.9. The first-order valence-electron chi connectivity index (χ1n) is 5.50. The third-order valence-corrected chi connectivity index (χ3v) is 2.15. The first-order chi connectivity index (χ1) is 6.17. The van der Waals surface area contributed by atoms with Crippen LogP contribution in [0.3, 0.4) is 0 Å². The van der Waals surface area contributed by atoms with Gasteiger partial charge in [-0.1, -0.05) is 59.8 Å². The average molecular weight is 194 g/mol. The van der Waals surface area contributed by atoms with E-state index in [9.17, 15) is 0 Å². The zero-order chi connectivity index (χ0) is 11.4. The van der Waals surface area contributed by atoms with Crippen LogP contribution in [0, 0.1) is 10.8 Å². The van der Waals surface area contributed by atoms with Crippen molar-refractivity contribution in [1.82, 2.24) is 0 Å². The average Bonchev–Trinajstić information content (AvgIpc) is 1.93. The van der Waals surface area contributed by atoms with Crippen molar-refractivity contribution in [1.29, 1.82) is 0 Å². The maximum atomic E-state index is 2.38. The molecule has 0 saturated heterocycles. The van der Waals surface area contributed by atoms with Crippen LogP contribution in [0.5, 0.6) is 0 Å².